The zero-order valence-corrected chi connectivity index (χ0v) is 16.5. The highest BCUT2D eigenvalue weighted by Crippen LogP contribution is 2.34. The minimum absolute atomic E-state index is 0.0934. The smallest absolute Gasteiger partial charge is 0.266 e. The van der Waals surface area contributed by atoms with E-state index in [4.69, 9.17) is 27.9 Å². The van der Waals surface area contributed by atoms with E-state index in [1.807, 2.05) is 13.0 Å². The van der Waals surface area contributed by atoms with Gasteiger partial charge in [0.25, 0.3) is 5.91 Å². The molecule has 1 amide bonds. The second kappa shape index (κ2) is 8.39. The number of carbonyl (C=O) groups is 1. The van der Waals surface area contributed by atoms with E-state index in [0.29, 0.717) is 31.5 Å². The Morgan fingerprint density at radius 2 is 2.04 bits per heavy atom. The summed E-state index contributed by atoms with van der Waals surface area (Å²) >= 11 is 15.4. The quantitative estimate of drug-likeness (QED) is 0.496. The van der Waals surface area contributed by atoms with E-state index < -0.39 is 5.91 Å². The molecule has 1 N–H and O–H groups in total. The zero-order chi connectivity index (χ0) is 18.6. The molecule has 0 spiro atoms. The van der Waals surface area contributed by atoms with E-state index in [0.717, 1.165) is 5.56 Å². The summed E-state index contributed by atoms with van der Waals surface area (Å²) in [6.45, 7) is 1.86. The van der Waals surface area contributed by atoms with Gasteiger partial charge in [0.15, 0.2) is 0 Å². The number of amides is 1. The number of nitriles is 1. The van der Waals surface area contributed by atoms with Crippen LogP contribution < -0.4 is 10.1 Å². The highest BCUT2D eigenvalue weighted by molar-refractivity contribution is 9.10. The fraction of sp³-hybridized carbons (Fsp3) is 0.111. The minimum atomic E-state index is -0.555. The third-order valence-electron chi connectivity index (χ3n) is 3.34. The van der Waals surface area contributed by atoms with Gasteiger partial charge in [0.05, 0.1) is 11.6 Å². The molecular weight excluding hydrogens is 427 g/mol. The molecular formula is C18H13BrCl2N2O2. The minimum Gasteiger partial charge on any atom is -0.495 e. The molecule has 7 heteroatoms. The van der Waals surface area contributed by atoms with Crippen molar-refractivity contribution in [1.29, 1.82) is 5.26 Å². The molecule has 25 heavy (non-hydrogen) atoms. The Morgan fingerprint density at radius 3 is 2.64 bits per heavy atom. The Bertz CT molecular complexity index is 905. The topological polar surface area (TPSA) is 62.1 Å². The SMILES string of the molecule is COc1c(Br)cc(Cl)cc1/C=C(\C#N)C(=O)Nc1ccc(C)c(Cl)c1. The number of benzene rings is 2. The van der Waals surface area contributed by atoms with Gasteiger partial charge in [0, 0.05) is 21.3 Å². The fourth-order valence-electron chi connectivity index (χ4n) is 2.08. The zero-order valence-electron chi connectivity index (χ0n) is 13.4. The van der Waals surface area contributed by atoms with Crippen LogP contribution in [0.1, 0.15) is 11.1 Å². The van der Waals surface area contributed by atoms with Crippen LogP contribution in [0.3, 0.4) is 0 Å². The molecule has 0 atom stereocenters. The summed E-state index contributed by atoms with van der Waals surface area (Å²) in [5.41, 5.74) is 1.81. The molecule has 0 saturated carbocycles. The van der Waals surface area contributed by atoms with Crippen LogP contribution in [0, 0.1) is 18.3 Å². The standard InChI is InChI=1S/C18H13BrCl2N2O2/c1-10-3-4-14(8-16(10)21)23-18(24)12(9-22)5-11-6-13(20)7-15(19)17(11)25-2/h3-8H,1-2H3,(H,23,24)/b12-5+. The maximum absolute atomic E-state index is 12.4. The molecule has 2 aromatic rings. The number of hydrogen-bond acceptors (Lipinski definition) is 3. The Labute approximate surface area is 164 Å². The Hall–Kier alpha value is -2.00. The lowest BCUT2D eigenvalue weighted by Gasteiger charge is -2.09. The number of hydrogen-bond donors (Lipinski definition) is 1. The molecule has 2 rings (SSSR count). The van der Waals surface area contributed by atoms with Crippen molar-refractivity contribution in [2.24, 2.45) is 0 Å². The number of ether oxygens (including phenoxy) is 1. The lowest BCUT2D eigenvalue weighted by molar-refractivity contribution is -0.112. The maximum Gasteiger partial charge on any atom is 0.266 e. The summed E-state index contributed by atoms with van der Waals surface area (Å²) in [5, 5.41) is 13.0. The number of halogens is 3. The van der Waals surface area contributed by atoms with Crippen molar-refractivity contribution in [2.75, 3.05) is 12.4 Å². The van der Waals surface area contributed by atoms with Crippen molar-refractivity contribution in [3.63, 3.8) is 0 Å². The van der Waals surface area contributed by atoms with Crippen LogP contribution in [0.5, 0.6) is 5.75 Å². The van der Waals surface area contributed by atoms with Gasteiger partial charge in [-0.15, -0.1) is 0 Å². The summed E-state index contributed by atoms with van der Waals surface area (Å²) in [7, 11) is 1.49. The number of nitrogens with one attached hydrogen (secondary N) is 1. The molecule has 4 nitrogen and oxygen atoms in total. The fourth-order valence-corrected chi connectivity index (χ4v) is 3.25. The Balaban J connectivity index is 2.36. The predicted octanol–water partition coefficient (Wildman–Crippen LogP) is 5.62. The van der Waals surface area contributed by atoms with E-state index in [2.05, 4.69) is 21.2 Å². The van der Waals surface area contributed by atoms with Crippen molar-refractivity contribution in [3.8, 4) is 11.8 Å². The van der Waals surface area contributed by atoms with Gasteiger partial charge in [-0.3, -0.25) is 4.79 Å². The molecule has 0 aliphatic carbocycles. The van der Waals surface area contributed by atoms with E-state index in [-0.39, 0.29) is 5.57 Å². The number of carbonyl (C=O) groups excluding carboxylic acids is 1. The van der Waals surface area contributed by atoms with Crippen molar-refractivity contribution in [3.05, 3.63) is 61.5 Å². The number of anilines is 1. The first kappa shape index (κ1) is 19.3. The van der Waals surface area contributed by atoms with Gasteiger partial charge in [0.1, 0.15) is 17.4 Å². The molecule has 0 aliphatic heterocycles. The molecule has 0 aliphatic rings. The molecule has 0 saturated heterocycles. The van der Waals surface area contributed by atoms with Gasteiger partial charge in [-0.05, 0) is 58.8 Å². The Morgan fingerprint density at radius 1 is 1.32 bits per heavy atom. The normalized spacial score (nSPS) is 11.0. The monoisotopic (exact) mass is 438 g/mol. The third kappa shape index (κ3) is 4.76. The van der Waals surface area contributed by atoms with Gasteiger partial charge < -0.3 is 10.1 Å². The lowest BCUT2D eigenvalue weighted by atomic mass is 10.1. The summed E-state index contributed by atoms with van der Waals surface area (Å²) in [6, 6.07) is 10.3. The van der Waals surface area contributed by atoms with E-state index in [1.54, 1.807) is 30.3 Å². The van der Waals surface area contributed by atoms with Crippen LogP contribution in [-0.4, -0.2) is 13.0 Å². The Kier molecular flexibility index (Phi) is 6.49. The maximum atomic E-state index is 12.4. The molecule has 0 fully saturated rings. The first-order valence-corrected chi connectivity index (χ1v) is 8.63. The summed E-state index contributed by atoms with van der Waals surface area (Å²) in [4.78, 5) is 12.4. The largest absolute Gasteiger partial charge is 0.495 e. The predicted molar refractivity (Wildman–Crippen MR) is 104 cm³/mol. The van der Waals surface area contributed by atoms with Crippen LogP contribution in [0.2, 0.25) is 10.0 Å². The van der Waals surface area contributed by atoms with E-state index >= 15 is 0 Å². The summed E-state index contributed by atoms with van der Waals surface area (Å²) in [5.74, 6) is -0.0797. The molecule has 0 heterocycles. The number of nitrogens with zero attached hydrogens (tertiary/aromatic N) is 1. The molecule has 0 aromatic heterocycles. The molecule has 0 unspecified atom stereocenters. The highest BCUT2D eigenvalue weighted by atomic mass is 79.9. The van der Waals surface area contributed by atoms with Crippen LogP contribution in [0.4, 0.5) is 5.69 Å². The molecule has 128 valence electrons. The lowest BCUT2D eigenvalue weighted by Crippen LogP contribution is -2.13. The van der Waals surface area contributed by atoms with Crippen molar-refractivity contribution in [1.82, 2.24) is 0 Å². The average Bonchev–Trinajstić information content (AvgIpc) is 2.55. The van der Waals surface area contributed by atoms with Crippen molar-refractivity contribution in [2.45, 2.75) is 6.92 Å². The van der Waals surface area contributed by atoms with Gasteiger partial charge in [0.2, 0.25) is 0 Å². The van der Waals surface area contributed by atoms with Crippen molar-refractivity contribution >= 4 is 56.8 Å². The summed E-state index contributed by atoms with van der Waals surface area (Å²) < 4.78 is 5.92. The van der Waals surface area contributed by atoms with Crippen LogP contribution in [0.15, 0.2) is 40.4 Å². The van der Waals surface area contributed by atoms with Gasteiger partial charge in [-0.1, -0.05) is 29.3 Å². The molecule has 0 bridgehead atoms. The van der Waals surface area contributed by atoms with Crippen molar-refractivity contribution < 1.29 is 9.53 Å². The molecule has 2 aromatic carbocycles. The van der Waals surface area contributed by atoms with Gasteiger partial charge in [-0.25, -0.2) is 0 Å². The average molecular weight is 440 g/mol. The first-order valence-electron chi connectivity index (χ1n) is 7.08. The third-order valence-corrected chi connectivity index (χ3v) is 4.55. The number of rotatable bonds is 4. The van der Waals surface area contributed by atoms with Gasteiger partial charge in [-0.2, -0.15) is 5.26 Å². The van der Waals surface area contributed by atoms with Crippen LogP contribution in [-0.2, 0) is 4.79 Å². The summed E-state index contributed by atoms with van der Waals surface area (Å²) in [6.07, 6.45) is 1.42. The van der Waals surface area contributed by atoms with Crippen LogP contribution in [0.25, 0.3) is 6.08 Å². The second-order valence-electron chi connectivity index (χ2n) is 5.10. The number of methoxy groups -OCH3 is 1. The van der Waals surface area contributed by atoms with E-state index in [9.17, 15) is 10.1 Å². The van der Waals surface area contributed by atoms with Gasteiger partial charge >= 0.3 is 0 Å². The second-order valence-corrected chi connectivity index (χ2v) is 6.80. The number of aryl methyl sites for hydroxylation is 1. The molecule has 0 radical (unpaired) electrons. The first-order chi connectivity index (χ1) is 11.8. The van der Waals surface area contributed by atoms with Crippen LogP contribution >= 0.6 is 39.1 Å². The van der Waals surface area contributed by atoms with E-state index in [1.165, 1.54) is 13.2 Å². The highest BCUT2D eigenvalue weighted by Gasteiger charge is 2.14.